The Morgan fingerprint density at radius 2 is 1.52 bits per heavy atom. The maximum atomic E-state index is 12.6. The van der Waals surface area contributed by atoms with E-state index in [-0.39, 0.29) is 11.9 Å². The van der Waals surface area contributed by atoms with Crippen molar-refractivity contribution in [1.29, 1.82) is 0 Å². The summed E-state index contributed by atoms with van der Waals surface area (Å²) in [5, 5.41) is 5.40. The summed E-state index contributed by atoms with van der Waals surface area (Å²) in [7, 11) is 0. The molecule has 0 aliphatic carbocycles. The normalized spacial score (nSPS) is 13.2. The molecule has 1 atom stereocenters. The minimum Gasteiger partial charge on any atom is -0.345 e. The lowest BCUT2D eigenvalue weighted by Crippen LogP contribution is -2.26. The van der Waals surface area contributed by atoms with Crippen molar-refractivity contribution >= 4 is 53.0 Å². The molecule has 2 nitrogen and oxygen atoms in total. The first kappa shape index (κ1) is 17.9. The summed E-state index contributed by atoms with van der Waals surface area (Å²) in [6.45, 7) is 1.98. The molecule has 1 amide bonds. The van der Waals surface area contributed by atoms with Crippen molar-refractivity contribution in [1.82, 2.24) is 5.32 Å². The standard InChI is InChI=1S/C21H17Br2NO/c1-14(17-12-11-15-7-5-6-10-18(15)13-17)24-21(25)20(23)19(22)16-8-3-2-4-9-16/h2-14H,1H3,(H,24,25)/b20-19-. The van der Waals surface area contributed by atoms with Crippen LogP contribution in [-0.2, 0) is 4.79 Å². The van der Waals surface area contributed by atoms with Crippen molar-refractivity contribution in [2.24, 2.45) is 0 Å². The molecule has 0 aliphatic heterocycles. The fourth-order valence-electron chi connectivity index (χ4n) is 2.63. The molecule has 0 saturated carbocycles. The highest BCUT2D eigenvalue weighted by atomic mass is 79.9. The Hall–Kier alpha value is -1.91. The topological polar surface area (TPSA) is 29.1 Å². The molecule has 4 heteroatoms. The molecule has 0 bridgehead atoms. The Balaban J connectivity index is 1.79. The van der Waals surface area contributed by atoms with Crippen molar-refractivity contribution in [3.05, 3.63) is 88.4 Å². The van der Waals surface area contributed by atoms with Gasteiger partial charge in [-0.1, -0.05) is 66.7 Å². The molecule has 0 radical (unpaired) electrons. The summed E-state index contributed by atoms with van der Waals surface area (Å²) in [5.41, 5.74) is 2.02. The van der Waals surface area contributed by atoms with Crippen LogP contribution in [0.5, 0.6) is 0 Å². The van der Waals surface area contributed by atoms with E-state index in [0.717, 1.165) is 15.6 Å². The molecule has 3 aromatic carbocycles. The van der Waals surface area contributed by atoms with Gasteiger partial charge >= 0.3 is 0 Å². The first-order valence-electron chi connectivity index (χ1n) is 7.96. The number of nitrogens with one attached hydrogen (secondary N) is 1. The zero-order valence-electron chi connectivity index (χ0n) is 13.7. The molecule has 0 saturated heterocycles. The second-order valence-corrected chi connectivity index (χ2v) is 7.38. The maximum Gasteiger partial charge on any atom is 0.259 e. The van der Waals surface area contributed by atoms with Crippen molar-refractivity contribution in [2.45, 2.75) is 13.0 Å². The first-order valence-corrected chi connectivity index (χ1v) is 9.55. The average Bonchev–Trinajstić information content (AvgIpc) is 2.67. The van der Waals surface area contributed by atoms with Crippen molar-refractivity contribution in [3.63, 3.8) is 0 Å². The molecule has 0 fully saturated rings. The van der Waals surface area contributed by atoms with E-state index in [9.17, 15) is 4.79 Å². The predicted molar refractivity (Wildman–Crippen MR) is 112 cm³/mol. The van der Waals surface area contributed by atoms with Crippen LogP contribution in [0.15, 0.2) is 77.3 Å². The Morgan fingerprint density at radius 1 is 0.880 bits per heavy atom. The third kappa shape index (κ3) is 4.20. The van der Waals surface area contributed by atoms with E-state index < -0.39 is 0 Å². The molecule has 0 aliphatic rings. The van der Waals surface area contributed by atoms with Gasteiger partial charge in [0.05, 0.1) is 10.5 Å². The Kier molecular flexibility index (Phi) is 5.71. The van der Waals surface area contributed by atoms with Crippen LogP contribution in [0.1, 0.15) is 24.1 Å². The fraction of sp³-hybridized carbons (Fsp3) is 0.0952. The zero-order chi connectivity index (χ0) is 17.8. The van der Waals surface area contributed by atoms with Gasteiger partial charge in [-0.3, -0.25) is 4.79 Å². The minimum atomic E-state index is -0.156. The highest BCUT2D eigenvalue weighted by Crippen LogP contribution is 2.29. The molecule has 0 heterocycles. The van der Waals surface area contributed by atoms with Crippen LogP contribution >= 0.6 is 31.9 Å². The van der Waals surface area contributed by atoms with Gasteiger partial charge in [0.15, 0.2) is 0 Å². The van der Waals surface area contributed by atoms with Crippen LogP contribution in [-0.4, -0.2) is 5.91 Å². The quantitative estimate of drug-likeness (QED) is 0.465. The van der Waals surface area contributed by atoms with Gasteiger partial charge in [-0.15, -0.1) is 0 Å². The number of amides is 1. The molecule has 1 unspecified atom stereocenters. The van der Waals surface area contributed by atoms with Gasteiger partial charge in [-0.25, -0.2) is 0 Å². The number of hydrogen-bond acceptors (Lipinski definition) is 1. The predicted octanol–water partition coefficient (Wildman–Crippen LogP) is 6.18. The van der Waals surface area contributed by atoms with Gasteiger partial charge < -0.3 is 5.32 Å². The zero-order valence-corrected chi connectivity index (χ0v) is 16.8. The molecule has 3 aromatic rings. The van der Waals surface area contributed by atoms with Crippen LogP contribution in [0.3, 0.4) is 0 Å². The summed E-state index contributed by atoms with van der Waals surface area (Å²) in [6.07, 6.45) is 0. The molecule has 0 spiro atoms. The Labute approximate surface area is 164 Å². The SMILES string of the molecule is CC(NC(=O)/C(Br)=C(/Br)c1ccccc1)c1ccc2ccccc2c1. The Morgan fingerprint density at radius 3 is 2.24 bits per heavy atom. The second kappa shape index (κ2) is 7.98. The minimum absolute atomic E-state index is 0.0965. The number of hydrogen-bond donors (Lipinski definition) is 1. The maximum absolute atomic E-state index is 12.6. The van der Waals surface area contributed by atoms with Gasteiger partial charge in [0.25, 0.3) is 5.91 Å². The number of carbonyl (C=O) groups is 1. The van der Waals surface area contributed by atoms with Crippen LogP contribution in [0.2, 0.25) is 0 Å². The highest BCUT2D eigenvalue weighted by molar-refractivity contribution is 9.16. The average molecular weight is 459 g/mol. The Bertz CT molecular complexity index is 935. The van der Waals surface area contributed by atoms with Crippen LogP contribution in [0, 0.1) is 0 Å². The number of benzene rings is 3. The number of halogens is 2. The number of carbonyl (C=O) groups excluding carboxylic acids is 1. The molecule has 25 heavy (non-hydrogen) atoms. The smallest absolute Gasteiger partial charge is 0.259 e. The van der Waals surface area contributed by atoms with Crippen molar-refractivity contribution in [3.8, 4) is 0 Å². The van der Waals surface area contributed by atoms with Gasteiger partial charge in [0.1, 0.15) is 0 Å². The first-order chi connectivity index (χ1) is 12.1. The largest absolute Gasteiger partial charge is 0.345 e. The van der Waals surface area contributed by atoms with E-state index >= 15 is 0 Å². The summed E-state index contributed by atoms with van der Waals surface area (Å²) in [6, 6.07) is 24.1. The number of rotatable bonds is 4. The van der Waals surface area contributed by atoms with E-state index in [1.807, 2.05) is 49.4 Å². The molecular weight excluding hydrogens is 442 g/mol. The van der Waals surface area contributed by atoms with Crippen molar-refractivity contribution < 1.29 is 4.79 Å². The highest BCUT2D eigenvalue weighted by Gasteiger charge is 2.16. The molecule has 0 aromatic heterocycles. The van der Waals surface area contributed by atoms with Gasteiger partial charge in [-0.2, -0.15) is 0 Å². The summed E-state index contributed by atoms with van der Waals surface area (Å²) in [4.78, 5) is 12.6. The van der Waals surface area contributed by atoms with Gasteiger partial charge in [-0.05, 0) is 66.7 Å². The fourth-order valence-corrected chi connectivity index (χ4v) is 3.42. The van der Waals surface area contributed by atoms with E-state index in [0.29, 0.717) is 4.48 Å². The number of fused-ring (bicyclic) bond motifs is 1. The third-order valence-corrected chi connectivity index (χ3v) is 6.18. The van der Waals surface area contributed by atoms with Crippen LogP contribution < -0.4 is 5.32 Å². The summed E-state index contributed by atoms with van der Waals surface area (Å²) in [5.74, 6) is -0.156. The van der Waals surface area contributed by atoms with Gasteiger partial charge in [0, 0.05) is 4.48 Å². The molecule has 126 valence electrons. The molecular formula is C21H17Br2NO. The van der Waals surface area contributed by atoms with E-state index in [1.54, 1.807) is 0 Å². The molecule has 1 N–H and O–H groups in total. The van der Waals surface area contributed by atoms with E-state index in [4.69, 9.17) is 0 Å². The van der Waals surface area contributed by atoms with Gasteiger partial charge in [0.2, 0.25) is 0 Å². The van der Waals surface area contributed by atoms with Crippen molar-refractivity contribution in [2.75, 3.05) is 0 Å². The second-order valence-electron chi connectivity index (χ2n) is 5.80. The lowest BCUT2D eigenvalue weighted by molar-refractivity contribution is -0.117. The lowest BCUT2D eigenvalue weighted by atomic mass is 10.0. The molecule has 3 rings (SSSR count). The summed E-state index contributed by atoms with van der Waals surface area (Å²) >= 11 is 6.91. The van der Waals surface area contributed by atoms with Crippen LogP contribution in [0.4, 0.5) is 0 Å². The monoisotopic (exact) mass is 457 g/mol. The van der Waals surface area contributed by atoms with E-state index in [2.05, 4.69) is 67.5 Å². The lowest BCUT2D eigenvalue weighted by Gasteiger charge is -2.15. The third-order valence-electron chi connectivity index (χ3n) is 4.04. The van der Waals surface area contributed by atoms with E-state index in [1.165, 1.54) is 10.8 Å². The van der Waals surface area contributed by atoms with Crippen LogP contribution in [0.25, 0.3) is 15.3 Å². The summed E-state index contributed by atoms with van der Waals surface area (Å²) < 4.78 is 1.21.